The molecule has 0 spiro atoms. The Morgan fingerprint density at radius 3 is 2.43 bits per heavy atom. The van der Waals surface area contributed by atoms with Gasteiger partial charge in [-0.3, -0.25) is 4.79 Å². The minimum absolute atomic E-state index is 0.305. The first-order valence-corrected chi connectivity index (χ1v) is 7.59. The molecule has 0 aromatic heterocycles. The van der Waals surface area contributed by atoms with Crippen LogP contribution in [-0.2, 0) is 19.1 Å². The molecule has 1 aromatic carbocycles. The highest BCUT2D eigenvalue weighted by Crippen LogP contribution is 2.38. The molecule has 0 bridgehead atoms. The van der Waals surface area contributed by atoms with Crippen molar-refractivity contribution in [3.05, 3.63) is 48.0 Å². The summed E-state index contributed by atoms with van der Waals surface area (Å²) in [4.78, 5) is 23.5. The van der Waals surface area contributed by atoms with Crippen molar-refractivity contribution in [2.45, 2.75) is 24.3 Å². The lowest BCUT2D eigenvalue weighted by atomic mass is 10.1. The molecule has 0 aliphatic rings. The Kier molecular flexibility index (Phi) is 7.02. The average Bonchev–Trinajstić information content (AvgIpc) is 2.51. The summed E-state index contributed by atoms with van der Waals surface area (Å²) in [5.74, 6) is -0.784. The second-order valence-corrected chi connectivity index (χ2v) is 5.79. The Morgan fingerprint density at radius 1 is 1.29 bits per heavy atom. The van der Waals surface area contributed by atoms with Crippen LogP contribution in [0, 0.1) is 0 Å². The molecule has 0 radical (unpaired) electrons. The molecule has 2 atom stereocenters. The third-order valence-corrected chi connectivity index (χ3v) is 4.25. The van der Waals surface area contributed by atoms with Gasteiger partial charge in [0.1, 0.15) is 5.25 Å². The van der Waals surface area contributed by atoms with E-state index >= 15 is 0 Å². The lowest BCUT2D eigenvalue weighted by Gasteiger charge is -2.21. The fraction of sp³-hybridized carbons (Fsp3) is 0.375. The molecule has 0 heterocycles. The lowest BCUT2D eigenvalue weighted by molar-refractivity contribution is -0.142. The smallest absolute Gasteiger partial charge is 0.334 e. The van der Waals surface area contributed by atoms with Crippen molar-refractivity contribution in [1.29, 1.82) is 0 Å². The van der Waals surface area contributed by atoms with Gasteiger partial charge >= 0.3 is 11.9 Å². The van der Waals surface area contributed by atoms with Crippen LogP contribution < -0.4 is 0 Å². The summed E-state index contributed by atoms with van der Waals surface area (Å²) < 4.78 is 9.74. The van der Waals surface area contributed by atoms with E-state index < -0.39 is 11.2 Å². The number of hydrogen-bond acceptors (Lipinski definition) is 5. The van der Waals surface area contributed by atoms with E-state index in [1.807, 2.05) is 30.3 Å². The fourth-order valence-electron chi connectivity index (χ4n) is 1.75. The molecule has 0 saturated heterocycles. The molecule has 5 heteroatoms. The van der Waals surface area contributed by atoms with Crippen LogP contribution >= 0.6 is 11.8 Å². The number of hydrogen-bond donors (Lipinski definition) is 0. The van der Waals surface area contributed by atoms with Gasteiger partial charge in [0.25, 0.3) is 0 Å². The van der Waals surface area contributed by atoms with Crippen LogP contribution in [0.4, 0.5) is 0 Å². The predicted molar refractivity (Wildman–Crippen MR) is 84.0 cm³/mol. The molecule has 4 nitrogen and oxygen atoms in total. The molecule has 0 saturated carbocycles. The summed E-state index contributed by atoms with van der Waals surface area (Å²) in [5, 5.41) is -0.755. The lowest BCUT2D eigenvalue weighted by Crippen LogP contribution is -2.20. The Labute approximate surface area is 129 Å². The number of esters is 2. The Bertz CT molecular complexity index is 498. The quantitative estimate of drug-likeness (QED) is 0.572. The van der Waals surface area contributed by atoms with E-state index in [2.05, 4.69) is 6.58 Å². The number of thioether (sulfide) groups is 1. The van der Waals surface area contributed by atoms with E-state index in [-0.39, 0.29) is 11.2 Å². The Balaban J connectivity index is 2.95. The van der Waals surface area contributed by atoms with Gasteiger partial charge in [-0.15, -0.1) is 11.8 Å². The predicted octanol–water partition coefficient (Wildman–Crippen LogP) is 3.14. The van der Waals surface area contributed by atoms with Gasteiger partial charge in [-0.05, 0) is 19.4 Å². The molecule has 0 fully saturated rings. The van der Waals surface area contributed by atoms with Crippen molar-refractivity contribution in [2.75, 3.05) is 13.7 Å². The maximum atomic E-state index is 11.8. The molecular weight excluding hydrogens is 288 g/mol. The molecule has 1 rings (SSSR count). The van der Waals surface area contributed by atoms with Gasteiger partial charge < -0.3 is 9.47 Å². The number of carbonyl (C=O) groups is 2. The summed E-state index contributed by atoms with van der Waals surface area (Å²) in [6.07, 6.45) is 0. The molecule has 2 unspecified atom stereocenters. The minimum atomic E-state index is -0.479. The Hall–Kier alpha value is -1.75. The summed E-state index contributed by atoms with van der Waals surface area (Å²) in [6.45, 7) is 7.66. The zero-order valence-electron chi connectivity index (χ0n) is 12.5. The maximum Gasteiger partial charge on any atom is 0.334 e. The van der Waals surface area contributed by atoms with Crippen LogP contribution in [0.15, 0.2) is 42.5 Å². The average molecular weight is 308 g/mol. The van der Waals surface area contributed by atoms with Crippen LogP contribution in [0.1, 0.15) is 24.7 Å². The molecule has 0 aliphatic carbocycles. The second-order valence-electron chi connectivity index (χ2n) is 4.34. The highest BCUT2D eigenvalue weighted by atomic mass is 32.2. The molecule has 0 aliphatic heterocycles. The summed E-state index contributed by atoms with van der Waals surface area (Å²) in [7, 11) is 1.31. The molecule has 114 valence electrons. The number of carbonyl (C=O) groups excluding carboxylic acids is 2. The van der Waals surface area contributed by atoms with Gasteiger partial charge in [-0.25, -0.2) is 4.79 Å². The van der Waals surface area contributed by atoms with Crippen molar-refractivity contribution in [3.63, 3.8) is 0 Å². The van der Waals surface area contributed by atoms with E-state index in [1.54, 1.807) is 13.8 Å². The molecular formula is C16H20O4S. The van der Waals surface area contributed by atoms with Gasteiger partial charge in [0, 0.05) is 5.57 Å². The van der Waals surface area contributed by atoms with Crippen LogP contribution in [-0.4, -0.2) is 30.9 Å². The highest BCUT2D eigenvalue weighted by Gasteiger charge is 2.27. The number of rotatable bonds is 7. The van der Waals surface area contributed by atoms with Gasteiger partial charge in [-0.1, -0.05) is 36.9 Å². The van der Waals surface area contributed by atoms with E-state index in [0.717, 1.165) is 5.56 Å². The first-order valence-electron chi connectivity index (χ1n) is 6.65. The number of ether oxygens (including phenoxy) is 2. The largest absolute Gasteiger partial charge is 0.466 e. The van der Waals surface area contributed by atoms with Gasteiger partial charge in [0.2, 0.25) is 0 Å². The van der Waals surface area contributed by atoms with E-state index in [0.29, 0.717) is 12.2 Å². The SMILES string of the molecule is C=C(C(=O)OC)C(SC(C)C(=O)OCC)c1ccccc1. The van der Waals surface area contributed by atoms with Crippen molar-refractivity contribution >= 4 is 23.7 Å². The second kappa shape index (κ2) is 8.52. The first-order chi connectivity index (χ1) is 10.0. The van der Waals surface area contributed by atoms with Crippen molar-refractivity contribution in [1.82, 2.24) is 0 Å². The fourth-order valence-corrected chi connectivity index (χ4v) is 2.91. The molecule has 21 heavy (non-hydrogen) atoms. The van der Waals surface area contributed by atoms with Gasteiger partial charge in [0.05, 0.1) is 19.0 Å². The van der Waals surface area contributed by atoms with Crippen LogP contribution in [0.25, 0.3) is 0 Å². The topological polar surface area (TPSA) is 52.6 Å². The van der Waals surface area contributed by atoms with Crippen LogP contribution in [0.3, 0.4) is 0 Å². The van der Waals surface area contributed by atoms with Crippen molar-refractivity contribution < 1.29 is 19.1 Å². The van der Waals surface area contributed by atoms with Crippen molar-refractivity contribution in [2.24, 2.45) is 0 Å². The summed E-state index contributed by atoms with van der Waals surface area (Å²) in [5.41, 5.74) is 1.21. The summed E-state index contributed by atoms with van der Waals surface area (Å²) in [6, 6.07) is 9.43. The van der Waals surface area contributed by atoms with E-state index in [9.17, 15) is 9.59 Å². The van der Waals surface area contributed by atoms with Crippen LogP contribution in [0.5, 0.6) is 0 Å². The summed E-state index contributed by atoms with van der Waals surface area (Å²) >= 11 is 1.32. The standard InChI is InChI=1S/C16H20O4S/c1-5-20-16(18)12(3)21-14(11(2)15(17)19-4)13-9-7-6-8-10-13/h6-10,12,14H,2,5H2,1,3-4H3. The maximum absolute atomic E-state index is 11.8. The zero-order chi connectivity index (χ0) is 15.8. The van der Waals surface area contributed by atoms with Gasteiger partial charge in [-0.2, -0.15) is 0 Å². The number of methoxy groups -OCH3 is 1. The third-order valence-electron chi connectivity index (χ3n) is 2.83. The highest BCUT2D eigenvalue weighted by molar-refractivity contribution is 8.01. The van der Waals surface area contributed by atoms with Crippen molar-refractivity contribution in [3.8, 4) is 0 Å². The van der Waals surface area contributed by atoms with E-state index in [4.69, 9.17) is 9.47 Å². The van der Waals surface area contributed by atoms with Crippen LogP contribution in [0.2, 0.25) is 0 Å². The van der Waals surface area contributed by atoms with Gasteiger partial charge in [0.15, 0.2) is 0 Å². The molecule has 0 N–H and O–H groups in total. The Morgan fingerprint density at radius 2 is 1.90 bits per heavy atom. The number of benzene rings is 1. The third kappa shape index (κ3) is 4.93. The normalized spacial score (nSPS) is 13.1. The zero-order valence-corrected chi connectivity index (χ0v) is 13.3. The molecule has 1 aromatic rings. The first kappa shape index (κ1) is 17.3. The molecule has 0 amide bonds. The monoisotopic (exact) mass is 308 g/mol. The minimum Gasteiger partial charge on any atom is -0.466 e. The van der Waals surface area contributed by atoms with E-state index in [1.165, 1.54) is 18.9 Å².